The maximum atomic E-state index is 11.1. The van der Waals surface area contributed by atoms with Crippen molar-refractivity contribution in [1.29, 1.82) is 0 Å². The van der Waals surface area contributed by atoms with Crippen LogP contribution >= 0.6 is 0 Å². The molecule has 0 bridgehead atoms. The molecule has 0 aliphatic carbocycles. The Bertz CT molecular complexity index is 172. The van der Waals surface area contributed by atoms with E-state index in [1.165, 1.54) is 7.11 Å². The van der Waals surface area contributed by atoms with Gasteiger partial charge in [0.05, 0.1) is 7.11 Å². The summed E-state index contributed by atoms with van der Waals surface area (Å²) >= 11 is 0. The number of amides is 1. The molecular weight excluding hydrogens is 156 g/mol. The van der Waals surface area contributed by atoms with Crippen LogP contribution in [0.5, 0.6) is 0 Å². The predicted octanol–water partition coefficient (Wildman–Crippen LogP) is 0.550. The molecule has 70 valence electrons. The molecule has 0 aromatic heterocycles. The monoisotopic (exact) mass is 171 g/mol. The Balaban J connectivity index is 2.42. The Morgan fingerprint density at radius 2 is 2.42 bits per heavy atom. The van der Waals surface area contributed by atoms with Crippen molar-refractivity contribution < 1.29 is 9.53 Å². The van der Waals surface area contributed by atoms with Gasteiger partial charge in [0.15, 0.2) is 0 Å². The van der Waals surface area contributed by atoms with Crippen LogP contribution in [0, 0.1) is 7.05 Å². The molecule has 1 saturated heterocycles. The van der Waals surface area contributed by atoms with Crippen molar-refractivity contribution in [2.45, 2.75) is 12.5 Å². The second-order valence-electron chi connectivity index (χ2n) is 3.10. The molecule has 1 heterocycles. The van der Waals surface area contributed by atoms with Crippen LogP contribution in [0.1, 0.15) is 6.42 Å². The minimum absolute atomic E-state index is 0.259. The van der Waals surface area contributed by atoms with E-state index in [0.717, 1.165) is 19.5 Å². The summed E-state index contributed by atoms with van der Waals surface area (Å²) in [4.78, 5) is 14.7. The van der Waals surface area contributed by atoms with Crippen molar-refractivity contribution in [2.75, 3.05) is 27.2 Å². The molecule has 0 aromatic rings. The Labute approximate surface area is 73.1 Å². The SMILES string of the molecule is [CH2-]N1CC[C@H](N(C)C(=O)OC)C1. The van der Waals surface area contributed by atoms with Gasteiger partial charge in [-0.25, -0.2) is 4.79 Å². The van der Waals surface area contributed by atoms with E-state index in [0.29, 0.717) is 0 Å². The Morgan fingerprint density at radius 1 is 1.75 bits per heavy atom. The lowest BCUT2D eigenvalue weighted by molar-refractivity contribution is 0.119. The third-order valence-corrected chi connectivity index (χ3v) is 2.26. The summed E-state index contributed by atoms with van der Waals surface area (Å²) in [6.45, 7) is 1.79. The molecule has 0 saturated carbocycles. The quantitative estimate of drug-likeness (QED) is 0.540. The van der Waals surface area contributed by atoms with Gasteiger partial charge in [-0.1, -0.05) is 0 Å². The fraction of sp³-hybridized carbons (Fsp3) is 0.750. The van der Waals surface area contributed by atoms with E-state index < -0.39 is 0 Å². The third kappa shape index (κ3) is 1.88. The van der Waals surface area contributed by atoms with Gasteiger partial charge in [-0.05, 0) is 19.5 Å². The molecule has 1 aliphatic rings. The molecule has 1 amide bonds. The Kier molecular flexibility index (Phi) is 2.92. The zero-order valence-corrected chi connectivity index (χ0v) is 7.62. The highest BCUT2D eigenvalue weighted by atomic mass is 16.5. The van der Waals surface area contributed by atoms with E-state index in [9.17, 15) is 4.79 Å². The molecule has 0 aromatic carbocycles. The van der Waals surface area contributed by atoms with Gasteiger partial charge >= 0.3 is 6.09 Å². The van der Waals surface area contributed by atoms with Crippen LogP contribution in [-0.4, -0.2) is 49.2 Å². The summed E-state index contributed by atoms with van der Waals surface area (Å²) in [6.07, 6.45) is 0.713. The minimum Gasteiger partial charge on any atom is -0.457 e. The van der Waals surface area contributed by atoms with E-state index in [-0.39, 0.29) is 12.1 Å². The van der Waals surface area contributed by atoms with E-state index in [2.05, 4.69) is 11.8 Å². The lowest BCUT2D eigenvalue weighted by Gasteiger charge is -2.24. The summed E-state index contributed by atoms with van der Waals surface area (Å²) < 4.78 is 4.61. The van der Waals surface area contributed by atoms with Crippen LogP contribution in [0.3, 0.4) is 0 Å². The molecule has 0 spiro atoms. The number of methoxy groups -OCH3 is 1. The molecule has 4 nitrogen and oxygen atoms in total. The highest BCUT2D eigenvalue weighted by Crippen LogP contribution is 2.13. The maximum Gasteiger partial charge on any atom is 0.409 e. The molecule has 0 unspecified atom stereocenters. The highest BCUT2D eigenvalue weighted by molar-refractivity contribution is 5.67. The van der Waals surface area contributed by atoms with Gasteiger partial charge in [0, 0.05) is 13.1 Å². The number of rotatable bonds is 1. The smallest absolute Gasteiger partial charge is 0.409 e. The highest BCUT2D eigenvalue weighted by Gasteiger charge is 2.24. The van der Waals surface area contributed by atoms with Gasteiger partial charge in [0.1, 0.15) is 0 Å². The fourth-order valence-corrected chi connectivity index (χ4v) is 1.42. The molecule has 0 radical (unpaired) electrons. The average molecular weight is 171 g/mol. The van der Waals surface area contributed by atoms with Crippen LogP contribution in [0.4, 0.5) is 4.79 Å². The first-order valence-electron chi connectivity index (χ1n) is 4.01. The minimum atomic E-state index is -0.268. The van der Waals surface area contributed by atoms with Gasteiger partial charge in [-0.15, -0.1) is 0 Å². The van der Waals surface area contributed by atoms with E-state index in [1.807, 2.05) is 4.90 Å². The van der Waals surface area contributed by atoms with Crippen LogP contribution in [0.15, 0.2) is 0 Å². The summed E-state index contributed by atoms with van der Waals surface area (Å²) in [5.74, 6) is 0. The molecular formula is C8H15N2O2-. The number of carbonyl (C=O) groups excluding carboxylic acids is 1. The lowest BCUT2D eigenvalue weighted by atomic mass is 10.2. The van der Waals surface area contributed by atoms with Crippen molar-refractivity contribution in [1.82, 2.24) is 9.80 Å². The molecule has 1 rings (SSSR count). The molecule has 4 heteroatoms. The zero-order chi connectivity index (χ0) is 9.14. The van der Waals surface area contributed by atoms with Gasteiger partial charge in [-0.2, -0.15) is 0 Å². The number of ether oxygens (including phenoxy) is 1. The number of nitrogens with zero attached hydrogens (tertiary/aromatic N) is 2. The zero-order valence-electron chi connectivity index (χ0n) is 7.62. The second kappa shape index (κ2) is 3.76. The van der Waals surface area contributed by atoms with Gasteiger partial charge in [0.2, 0.25) is 0 Å². The third-order valence-electron chi connectivity index (χ3n) is 2.26. The first kappa shape index (κ1) is 9.32. The standard InChI is InChI=1S/C8H15N2O2/c1-9-5-4-7(6-9)10(2)8(11)12-3/h7H,1,4-6H2,2-3H3/q-1/t7-/m0/s1. The van der Waals surface area contributed by atoms with Crippen molar-refractivity contribution in [2.24, 2.45) is 0 Å². The Hall–Kier alpha value is -0.770. The average Bonchev–Trinajstić information content (AvgIpc) is 2.49. The summed E-state index contributed by atoms with van der Waals surface area (Å²) in [5, 5.41) is 0. The molecule has 1 aliphatic heterocycles. The number of likely N-dealkylation sites (tertiary alicyclic amines) is 1. The first-order valence-corrected chi connectivity index (χ1v) is 4.01. The second-order valence-corrected chi connectivity index (χ2v) is 3.10. The molecule has 1 fully saturated rings. The van der Waals surface area contributed by atoms with Crippen LogP contribution in [0.25, 0.3) is 0 Å². The van der Waals surface area contributed by atoms with Gasteiger partial charge in [-0.3, -0.25) is 7.05 Å². The largest absolute Gasteiger partial charge is 0.457 e. The maximum absolute atomic E-state index is 11.1. The van der Waals surface area contributed by atoms with E-state index in [1.54, 1.807) is 11.9 Å². The fourth-order valence-electron chi connectivity index (χ4n) is 1.42. The van der Waals surface area contributed by atoms with Crippen LogP contribution in [0.2, 0.25) is 0 Å². The van der Waals surface area contributed by atoms with Crippen molar-refractivity contribution >= 4 is 6.09 Å². The van der Waals surface area contributed by atoms with Crippen molar-refractivity contribution in [3.8, 4) is 0 Å². The topological polar surface area (TPSA) is 32.8 Å². The van der Waals surface area contributed by atoms with Crippen LogP contribution in [-0.2, 0) is 4.74 Å². The predicted molar refractivity (Wildman–Crippen MR) is 45.5 cm³/mol. The van der Waals surface area contributed by atoms with Crippen LogP contribution < -0.4 is 0 Å². The number of carbonyl (C=O) groups is 1. The van der Waals surface area contributed by atoms with Crippen molar-refractivity contribution in [3.05, 3.63) is 7.05 Å². The Morgan fingerprint density at radius 3 is 2.83 bits per heavy atom. The number of likely N-dealkylation sites (N-methyl/N-ethyl adjacent to an activating group) is 1. The lowest BCUT2D eigenvalue weighted by Crippen LogP contribution is -2.38. The van der Waals surface area contributed by atoms with E-state index >= 15 is 0 Å². The molecule has 1 atom stereocenters. The number of hydrogen-bond acceptors (Lipinski definition) is 3. The molecule has 0 N–H and O–H groups in total. The summed E-state index contributed by atoms with van der Waals surface area (Å²) in [6, 6.07) is 0.259. The number of hydrogen-bond donors (Lipinski definition) is 0. The first-order chi connectivity index (χ1) is 5.65. The molecule has 12 heavy (non-hydrogen) atoms. The van der Waals surface area contributed by atoms with E-state index in [4.69, 9.17) is 0 Å². The van der Waals surface area contributed by atoms with Crippen molar-refractivity contribution in [3.63, 3.8) is 0 Å². The normalized spacial score (nSPS) is 24.1. The summed E-state index contributed by atoms with van der Waals surface area (Å²) in [5.41, 5.74) is 0. The summed E-state index contributed by atoms with van der Waals surface area (Å²) in [7, 11) is 6.97. The van der Waals surface area contributed by atoms with Gasteiger partial charge in [0.25, 0.3) is 0 Å². The van der Waals surface area contributed by atoms with Gasteiger partial charge < -0.3 is 14.5 Å².